The maximum atomic E-state index is 12.4. The Labute approximate surface area is 70.1 Å². The molecular formula is C9H10FNO. The Morgan fingerprint density at radius 3 is 2.67 bits per heavy atom. The Hall–Kier alpha value is -0.960. The van der Waals surface area contributed by atoms with Crippen molar-refractivity contribution < 1.29 is 9.50 Å². The molecule has 0 radical (unpaired) electrons. The number of aliphatic hydroxyl groups excluding tert-OH is 1. The summed E-state index contributed by atoms with van der Waals surface area (Å²) in [4.78, 5) is 3.95. The number of hydrogen-bond donors (Lipinski definition) is 1. The van der Waals surface area contributed by atoms with E-state index < -0.39 is 0 Å². The second-order valence-corrected chi connectivity index (χ2v) is 3.22. The van der Waals surface area contributed by atoms with Crippen LogP contribution in [0.2, 0.25) is 0 Å². The molecule has 1 fully saturated rings. The van der Waals surface area contributed by atoms with Crippen molar-refractivity contribution in [2.75, 3.05) is 0 Å². The quantitative estimate of drug-likeness (QED) is 0.686. The lowest BCUT2D eigenvalue weighted by molar-refractivity contribution is 0.0732. The van der Waals surface area contributed by atoms with Gasteiger partial charge in [-0.25, -0.2) is 4.39 Å². The predicted molar refractivity (Wildman–Crippen MR) is 42.2 cm³/mol. The summed E-state index contributed by atoms with van der Waals surface area (Å²) >= 11 is 0. The summed E-state index contributed by atoms with van der Waals surface area (Å²) in [6.07, 6.45) is 2.57. The minimum atomic E-state index is -0.307. The van der Waals surface area contributed by atoms with E-state index in [9.17, 15) is 4.39 Å². The summed E-state index contributed by atoms with van der Waals surface area (Å²) < 4.78 is 12.4. The van der Waals surface area contributed by atoms with Gasteiger partial charge in [0.15, 0.2) is 0 Å². The van der Waals surface area contributed by atoms with Crippen molar-refractivity contribution in [1.82, 2.24) is 4.98 Å². The molecule has 0 aromatic carbocycles. The van der Waals surface area contributed by atoms with Gasteiger partial charge in [0.2, 0.25) is 0 Å². The lowest BCUT2D eigenvalue weighted by atomic mass is 9.80. The van der Waals surface area contributed by atoms with Crippen LogP contribution in [0.3, 0.4) is 0 Å². The molecule has 0 amide bonds. The first-order valence-corrected chi connectivity index (χ1v) is 4.05. The van der Waals surface area contributed by atoms with Crippen LogP contribution in [0, 0.1) is 5.82 Å². The first-order valence-electron chi connectivity index (χ1n) is 4.05. The molecule has 0 unspecified atom stereocenters. The van der Waals surface area contributed by atoms with Crippen molar-refractivity contribution in [3.8, 4) is 0 Å². The lowest BCUT2D eigenvalue weighted by Crippen LogP contribution is -2.26. The van der Waals surface area contributed by atoms with Crippen LogP contribution in [0.5, 0.6) is 0 Å². The summed E-state index contributed by atoms with van der Waals surface area (Å²) in [5, 5.41) is 9.03. The Morgan fingerprint density at radius 2 is 2.17 bits per heavy atom. The fourth-order valence-corrected chi connectivity index (χ4v) is 1.46. The molecule has 1 saturated carbocycles. The number of nitrogens with zero attached hydrogens (tertiary/aromatic N) is 1. The third kappa shape index (κ3) is 1.32. The molecule has 3 heteroatoms. The second kappa shape index (κ2) is 2.83. The highest BCUT2D eigenvalue weighted by Crippen LogP contribution is 2.35. The topological polar surface area (TPSA) is 33.1 Å². The van der Waals surface area contributed by atoms with Crippen LogP contribution in [0.4, 0.5) is 4.39 Å². The van der Waals surface area contributed by atoms with E-state index in [-0.39, 0.29) is 11.9 Å². The van der Waals surface area contributed by atoms with Crippen LogP contribution in [0.1, 0.15) is 24.5 Å². The monoisotopic (exact) mass is 167 g/mol. The zero-order valence-electron chi connectivity index (χ0n) is 6.57. The predicted octanol–water partition coefficient (Wildman–Crippen LogP) is 1.46. The summed E-state index contributed by atoms with van der Waals surface area (Å²) in [6, 6.07) is 3.10. The van der Waals surface area contributed by atoms with Crippen LogP contribution in [0.25, 0.3) is 0 Å². The molecule has 1 aromatic rings. The molecular weight excluding hydrogens is 157 g/mol. The van der Waals surface area contributed by atoms with Crippen LogP contribution >= 0.6 is 0 Å². The fraction of sp³-hybridized carbons (Fsp3) is 0.444. The van der Waals surface area contributed by atoms with Crippen LogP contribution in [-0.2, 0) is 0 Å². The summed E-state index contributed by atoms with van der Waals surface area (Å²) in [5.41, 5.74) is 0.890. The van der Waals surface area contributed by atoms with Crippen molar-refractivity contribution in [3.05, 3.63) is 29.8 Å². The van der Waals surface area contributed by atoms with Gasteiger partial charge in [0, 0.05) is 11.6 Å². The Balaban J connectivity index is 2.09. The van der Waals surface area contributed by atoms with Gasteiger partial charge in [-0.1, -0.05) is 0 Å². The highest BCUT2D eigenvalue weighted by molar-refractivity contribution is 5.14. The smallest absolute Gasteiger partial charge is 0.141 e. The van der Waals surface area contributed by atoms with Gasteiger partial charge in [-0.05, 0) is 25.0 Å². The average molecular weight is 167 g/mol. The number of pyridine rings is 1. The zero-order chi connectivity index (χ0) is 8.55. The van der Waals surface area contributed by atoms with E-state index in [1.807, 2.05) is 0 Å². The Kier molecular flexibility index (Phi) is 1.81. The molecule has 1 heterocycles. The van der Waals surface area contributed by atoms with E-state index in [1.54, 1.807) is 6.07 Å². The van der Waals surface area contributed by atoms with Crippen molar-refractivity contribution >= 4 is 0 Å². The van der Waals surface area contributed by atoms with Gasteiger partial charge < -0.3 is 5.11 Å². The summed E-state index contributed by atoms with van der Waals surface area (Å²) in [5.74, 6) is 0.0271. The first-order chi connectivity index (χ1) is 5.75. The van der Waals surface area contributed by atoms with Gasteiger partial charge in [0.05, 0.1) is 12.3 Å². The summed E-state index contributed by atoms with van der Waals surface area (Å²) in [7, 11) is 0. The van der Waals surface area contributed by atoms with Gasteiger partial charge in [-0.15, -0.1) is 0 Å². The van der Waals surface area contributed by atoms with Crippen LogP contribution < -0.4 is 0 Å². The van der Waals surface area contributed by atoms with E-state index in [2.05, 4.69) is 4.98 Å². The highest BCUT2D eigenvalue weighted by Gasteiger charge is 2.29. The third-order valence-electron chi connectivity index (χ3n) is 2.28. The van der Waals surface area contributed by atoms with Crippen molar-refractivity contribution in [1.29, 1.82) is 0 Å². The molecule has 1 N–H and O–H groups in total. The van der Waals surface area contributed by atoms with Crippen LogP contribution in [0.15, 0.2) is 18.3 Å². The molecule has 0 aliphatic heterocycles. The molecule has 1 aliphatic rings. The Morgan fingerprint density at radius 1 is 1.42 bits per heavy atom. The first kappa shape index (κ1) is 7.68. The molecule has 12 heavy (non-hydrogen) atoms. The number of rotatable bonds is 1. The fourth-order valence-electron chi connectivity index (χ4n) is 1.46. The molecule has 1 aromatic heterocycles. The van der Waals surface area contributed by atoms with Gasteiger partial charge >= 0.3 is 0 Å². The molecule has 64 valence electrons. The minimum absolute atomic E-state index is 0.179. The number of aliphatic hydroxyl groups is 1. The lowest BCUT2D eigenvalue weighted by Gasteiger charge is -2.30. The third-order valence-corrected chi connectivity index (χ3v) is 2.28. The molecule has 2 nitrogen and oxygen atoms in total. The number of hydrogen-bond acceptors (Lipinski definition) is 2. The highest BCUT2D eigenvalue weighted by atomic mass is 19.1. The van der Waals surface area contributed by atoms with Crippen molar-refractivity contribution in [2.24, 2.45) is 0 Å². The maximum absolute atomic E-state index is 12.4. The molecule has 0 spiro atoms. The van der Waals surface area contributed by atoms with E-state index in [0.717, 1.165) is 18.5 Å². The normalized spacial score (nSPS) is 28.2. The van der Waals surface area contributed by atoms with Gasteiger partial charge in [-0.2, -0.15) is 0 Å². The molecule has 0 saturated heterocycles. The van der Waals surface area contributed by atoms with Crippen LogP contribution in [-0.4, -0.2) is 16.2 Å². The molecule has 0 atom stereocenters. The molecule has 0 bridgehead atoms. The minimum Gasteiger partial charge on any atom is -0.393 e. The van der Waals surface area contributed by atoms with E-state index in [0.29, 0.717) is 5.92 Å². The Bertz CT molecular complexity index is 266. The van der Waals surface area contributed by atoms with E-state index in [4.69, 9.17) is 5.11 Å². The summed E-state index contributed by atoms with van der Waals surface area (Å²) in [6.45, 7) is 0. The number of halogens is 1. The average Bonchev–Trinajstić information content (AvgIpc) is 2.01. The second-order valence-electron chi connectivity index (χ2n) is 3.22. The number of aromatic nitrogens is 1. The SMILES string of the molecule is OC1CC(c2ccc(F)cn2)C1. The zero-order valence-corrected chi connectivity index (χ0v) is 6.57. The van der Waals surface area contributed by atoms with Gasteiger partial charge in [-0.3, -0.25) is 4.98 Å². The maximum Gasteiger partial charge on any atom is 0.141 e. The molecule has 1 aliphatic carbocycles. The van der Waals surface area contributed by atoms with E-state index in [1.165, 1.54) is 12.3 Å². The largest absolute Gasteiger partial charge is 0.393 e. The van der Waals surface area contributed by atoms with E-state index >= 15 is 0 Å². The van der Waals surface area contributed by atoms with Crippen molar-refractivity contribution in [3.63, 3.8) is 0 Å². The van der Waals surface area contributed by atoms with Gasteiger partial charge in [0.25, 0.3) is 0 Å². The van der Waals surface area contributed by atoms with Gasteiger partial charge in [0.1, 0.15) is 5.82 Å². The van der Waals surface area contributed by atoms with Crippen molar-refractivity contribution in [2.45, 2.75) is 24.9 Å². The molecule has 2 rings (SSSR count). The standard InChI is InChI=1S/C9H10FNO/c10-7-1-2-9(11-5-7)6-3-8(12)4-6/h1-2,5-6,8,12H,3-4H2.